The van der Waals surface area contributed by atoms with E-state index < -0.39 is 0 Å². The molecule has 2 aromatic heterocycles. The largest absolute Gasteiger partial charge is 0.491 e. The molecule has 0 aliphatic carbocycles. The van der Waals surface area contributed by atoms with Crippen molar-refractivity contribution in [3.63, 3.8) is 0 Å². The minimum absolute atomic E-state index is 0.219. The van der Waals surface area contributed by atoms with Gasteiger partial charge < -0.3 is 14.8 Å². The predicted molar refractivity (Wildman–Crippen MR) is 111 cm³/mol. The molecular weight excluding hydrogens is 376 g/mol. The summed E-state index contributed by atoms with van der Waals surface area (Å²) in [6, 6.07) is 10.7. The summed E-state index contributed by atoms with van der Waals surface area (Å²) in [6.07, 6.45) is 5.31. The average Bonchev–Trinajstić information content (AvgIpc) is 3.47. The first-order valence-corrected chi connectivity index (χ1v) is 11.2. The van der Waals surface area contributed by atoms with Crippen molar-refractivity contribution < 1.29 is 9.47 Å². The quantitative estimate of drug-likeness (QED) is 0.558. The topological polar surface area (TPSA) is 43.4 Å². The number of thiazole rings is 1. The zero-order chi connectivity index (χ0) is 18.3. The molecule has 27 heavy (non-hydrogen) atoms. The van der Waals surface area contributed by atoms with Crippen LogP contribution in [0.1, 0.15) is 35.0 Å². The van der Waals surface area contributed by atoms with Crippen molar-refractivity contribution in [2.75, 3.05) is 13.2 Å². The molecular formula is C21H24N2O2S2. The molecule has 1 aliphatic heterocycles. The van der Waals surface area contributed by atoms with Gasteiger partial charge in [-0.1, -0.05) is 12.1 Å². The molecule has 0 bridgehead atoms. The smallest absolute Gasteiger partial charge is 0.119 e. The van der Waals surface area contributed by atoms with Crippen LogP contribution in [0.5, 0.6) is 5.75 Å². The SMILES string of the molecule is c1cc(CN[C@@H](Cc2ccsc2)c2nccs2)cc(OC[C@H]2CCCO2)c1. The molecule has 6 heteroatoms. The van der Waals surface area contributed by atoms with Gasteiger partial charge in [-0.2, -0.15) is 11.3 Å². The number of nitrogens with zero attached hydrogens (tertiary/aromatic N) is 1. The predicted octanol–water partition coefficient (Wildman–Crippen LogP) is 4.84. The highest BCUT2D eigenvalue weighted by Crippen LogP contribution is 2.23. The highest BCUT2D eigenvalue weighted by Gasteiger charge is 2.17. The molecule has 0 spiro atoms. The molecule has 0 amide bonds. The second-order valence-corrected chi connectivity index (χ2v) is 8.44. The Balaban J connectivity index is 1.36. The maximum atomic E-state index is 5.93. The van der Waals surface area contributed by atoms with Gasteiger partial charge in [0.15, 0.2) is 0 Å². The molecule has 1 N–H and O–H groups in total. The first-order chi connectivity index (χ1) is 13.4. The summed E-state index contributed by atoms with van der Waals surface area (Å²) < 4.78 is 11.6. The van der Waals surface area contributed by atoms with Crippen molar-refractivity contribution in [1.82, 2.24) is 10.3 Å². The second kappa shape index (κ2) is 9.46. The van der Waals surface area contributed by atoms with Gasteiger partial charge in [-0.05, 0) is 59.3 Å². The lowest BCUT2D eigenvalue weighted by Gasteiger charge is -2.17. The lowest BCUT2D eigenvalue weighted by molar-refractivity contribution is 0.0679. The zero-order valence-electron chi connectivity index (χ0n) is 15.2. The zero-order valence-corrected chi connectivity index (χ0v) is 16.8. The van der Waals surface area contributed by atoms with E-state index in [9.17, 15) is 0 Å². The number of aromatic nitrogens is 1. The molecule has 4 rings (SSSR count). The van der Waals surface area contributed by atoms with E-state index in [2.05, 4.69) is 45.3 Å². The molecule has 0 radical (unpaired) electrons. The number of rotatable bonds is 9. The fourth-order valence-corrected chi connectivity index (χ4v) is 4.64. The van der Waals surface area contributed by atoms with Crippen LogP contribution in [-0.2, 0) is 17.7 Å². The molecule has 3 aromatic rings. The molecule has 1 saturated heterocycles. The van der Waals surface area contributed by atoms with Gasteiger partial charge in [0.05, 0.1) is 12.1 Å². The van der Waals surface area contributed by atoms with Crippen LogP contribution in [0.2, 0.25) is 0 Å². The van der Waals surface area contributed by atoms with Crippen LogP contribution in [0, 0.1) is 0 Å². The number of benzene rings is 1. The molecule has 142 valence electrons. The molecule has 2 atom stereocenters. The first kappa shape index (κ1) is 18.6. The van der Waals surface area contributed by atoms with Crippen LogP contribution in [-0.4, -0.2) is 24.3 Å². The van der Waals surface area contributed by atoms with Crippen molar-refractivity contribution in [3.8, 4) is 5.75 Å². The normalized spacial score (nSPS) is 17.9. The summed E-state index contributed by atoms with van der Waals surface area (Å²) in [5, 5.41) is 11.2. The van der Waals surface area contributed by atoms with Gasteiger partial charge in [-0.3, -0.25) is 0 Å². The lowest BCUT2D eigenvalue weighted by Crippen LogP contribution is -2.22. The van der Waals surface area contributed by atoms with E-state index in [1.54, 1.807) is 22.7 Å². The van der Waals surface area contributed by atoms with Crippen LogP contribution < -0.4 is 10.1 Å². The van der Waals surface area contributed by atoms with Crippen LogP contribution in [0.3, 0.4) is 0 Å². The van der Waals surface area contributed by atoms with Gasteiger partial charge in [-0.25, -0.2) is 4.98 Å². The van der Waals surface area contributed by atoms with Crippen molar-refractivity contribution in [2.45, 2.75) is 38.0 Å². The van der Waals surface area contributed by atoms with E-state index in [-0.39, 0.29) is 12.1 Å². The Morgan fingerprint density at radius 2 is 2.26 bits per heavy atom. The molecule has 0 saturated carbocycles. The number of nitrogens with one attached hydrogen (secondary N) is 1. The Labute approximate surface area is 168 Å². The first-order valence-electron chi connectivity index (χ1n) is 9.34. The molecule has 3 heterocycles. The fraction of sp³-hybridized carbons (Fsp3) is 0.381. The van der Waals surface area contributed by atoms with Crippen molar-refractivity contribution >= 4 is 22.7 Å². The number of ether oxygens (including phenoxy) is 2. The minimum atomic E-state index is 0.219. The van der Waals surface area contributed by atoms with Gasteiger partial charge >= 0.3 is 0 Å². The monoisotopic (exact) mass is 400 g/mol. The maximum absolute atomic E-state index is 5.93. The maximum Gasteiger partial charge on any atom is 0.119 e. The number of hydrogen-bond donors (Lipinski definition) is 1. The minimum Gasteiger partial charge on any atom is -0.491 e. The van der Waals surface area contributed by atoms with Gasteiger partial charge in [0.25, 0.3) is 0 Å². The van der Waals surface area contributed by atoms with Crippen LogP contribution >= 0.6 is 22.7 Å². The van der Waals surface area contributed by atoms with Crippen LogP contribution in [0.25, 0.3) is 0 Å². The van der Waals surface area contributed by atoms with E-state index in [4.69, 9.17) is 9.47 Å². The van der Waals surface area contributed by atoms with E-state index in [1.807, 2.05) is 17.6 Å². The van der Waals surface area contributed by atoms with E-state index >= 15 is 0 Å². The van der Waals surface area contributed by atoms with Crippen molar-refractivity contribution in [1.29, 1.82) is 0 Å². The highest BCUT2D eigenvalue weighted by atomic mass is 32.1. The van der Waals surface area contributed by atoms with Crippen molar-refractivity contribution in [2.24, 2.45) is 0 Å². The Kier molecular flexibility index (Phi) is 6.53. The van der Waals surface area contributed by atoms with E-state index in [0.29, 0.717) is 6.61 Å². The summed E-state index contributed by atoms with van der Waals surface area (Å²) in [7, 11) is 0. The van der Waals surface area contributed by atoms with Gasteiger partial charge in [0, 0.05) is 24.7 Å². The molecule has 0 unspecified atom stereocenters. The molecule has 4 nitrogen and oxygen atoms in total. The number of hydrogen-bond acceptors (Lipinski definition) is 6. The second-order valence-electron chi connectivity index (χ2n) is 6.73. The summed E-state index contributed by atoms with van der Waals surface area (Å²) in [5.74, 6) is 0.911. The Hall–Kier alpha value is -1.73. The third kappa shape index (κ3) is 5.39. The van der Waals surface area contributed by atoms with Crippen LogP contribution in [0.4, 0.5) is 0 Å². The lowest BCUT2D eigenvalue weighted by atomic mass is 10.1. The highest BCUT2D eigenvalue weighted by molar-refractivity contribution is 7.09. The summed E-state index contributed by atoms with van der Waals surface area (Å²) >= 11 is 3.44. The van der Waals surface area contributed by atoms with Gasteiger partial charge in [-0.15, -0.1) is 11.3 Å². The number of thiophene rings is 1. The molecule has 1 fully saturated rings. The average molecular weight is 401 g/mol. The molecule has 1 aliphatic rings. The third-order valence-corrected chi connectivity index (χ3v) is 6.30. The third-order valence-electron chi connectivity index (χ3n) is 4.68. The Morgan fingerprint density at radius 3 is 3.04 bits per heavy atom. The standard InChI is InChI=1S/C21H24N2O2S2/c1-3-16(11-18(4-1)25-14-19-5-2-8-24-19)13-23-20(21-22-7-10-27-21)12-17-6-9-26-15-17/h1,3-4,6-7,9-11,15,19-20,23H,2,5,8,12-14H2/t19-,20+/m1/s1. The Morgan fingerprint density at radius 1 is 1.26 bits per heavy atom. The Bertz CT molecular complexity index is 799. The summed E-state index contributed by atoms with van der Waals surface area (Å²) in [5.41, 5.74) is 2.56. The summed E-state index contributed by atoms with van der Waals surface area (Å²) in [6.45, 7) is 2.28. The van der Waals surface area contributed by atoms with E-state index in [1.165, 1.54) is 11.1 Å². The van der Waals surface area contributed by atoms with Gasteiger partial charge in [0.1, 0.15) is 17.4 Å². The van der Waals surface area contributed by atoms with E-state index in [0.717, 1.165) is 43.2 Å². The molecule has 1 aromatic carbocycles. The van der Waals surface area contributed by atoms with Crippen molar-refractivity contribution in [3.05, 3.63) is 68.8 Å². The van der Waals surface area contributed by atoms with Gasteiger partial charge in [0.2, 0.25) is 0 Å². The summed E-state index contributed by atoms with van der Waals surface area (Å²) in [4.78, 5) is 4.52. The fourth-order valence-electron chi connectivity index (χ4n) is 3.25. The van der Waals surface area contributed by atoms with Crippen LogP contribution in [0.15, 0.2) is 52.7 Å².